The van der Waals surface area contributed by atoms with Gasteiger partial charge in [-0.25, -0.2) is 9.97 Å². The van der Waals surface area contributed by atoms with Gasteiger partial charge >= 0.3 is 0 Å². The zero-order valence-electron chi connectivity index (χ0n) is 23.3. The highest BCUT2D eigenvalue weighted by atomic mass is 15.0. The van der Waals surface area contributed by atoms with E-state index in [-0.39, 0.29) is 0 Å². The fourth-order valence-electron chi connectivity index (χ4n) is 6.59. The molecule has 3 nitrogen and oxygen atoms in total. The highest BCUT2D eigenvalue weighted by Gasteiger charge is 2.14. The maximum Gasteiger partial charge on any atom is 0.145 e. The van der Waals surface area contributed by atoms with Crippen LogP contribution in [0.1, 0.15) is 0 Å². The minimum Gasteiger partial charge on any atom is -0.294 e. The summed E-state index contributed by atoms with van der Waals surface area (Å²) < 4.78 is 2.25. The molecule has 6 aromatic carbocycles. The van der Waals surface area contributed by atoms with Gasteiger partial charge in [-0.2, -0.15) is 0 Å². The van der Waals surface area contributed by atoms with Gasteiger partial charge in [0.2, 0.25) is 0 Å². The fourth-order valence-corrected chi connectivity index (χ4v) is 6.59. The summed E-state index contributed by atoms with van der Waals surface area (Å²) in [5, 5.41) is 7.19. The molecule has 3 aromatic heterocycles. The van der Waals surface area contributed by atoms with E-state index in [1.807, 2.05) is 12.3 Å². The SMILES string of the molecule is c1cc(-c2ccc(-n3c4ccccc4c4cccnc43)cc2)cc(-c2cc3nc4ccccc4cc3c3ccccc23)c1. The van der Waals surface area contributed by atoms with Crippen LogP contribution in [0.3, 0.4) is 0 Å². The molecule has 0 aliphatic heterocycles. The Bertz CT molecular complexity index is 2450. The van der Waals surface area contributed by atoms with Crippen LogP contribution >= 0.6 is 0 Å². The van der Waals surface area contributed by atoms with Crippen LogP contribution in [-0.2, 0) is 0 Å². The first-order valence-electron chi connectivity index (χ1n) is 14.6. The lowest BCUT2D eigenvalue weighted by atomic mass is 9.92. The number of rotatable bonds is 3. The molecule has 0 fully saturated rings. The van der Waals surface area contributed by atoms with Gasteiger partial charge in [0.15, 0.2) is 0 Å². The van der Waals surface area contributed by atoms with Gasteiger partial charge in [-0.3, -0.25) is 4.57 Å². The molecule has 0 N–H and O–H groups in total. The zero-order valence-corrected chi connectivity index (χ0v) is 23.3. The van der Waals surface area contributed by atoms with E-state index in [2.05, 4.69) is 144 Å². The van der Waals surface area contributed by atoms with Gasteiger partial charge in [-0.15, -0.1) is 0 Å². The summed E-state index contributed by atoms with van der Waals surface area (Å²) in [4.78, 5) is 9.81. The second-order valence-electron chi connectivity index (χ2n) is 11.1. The summed E-state index contributed by atoms with van der Waals surface area (Å²) in [7, 11) is 0. The van der Waals surface area contributed by atoms with Gasteiger partial charge in [0.1, 0.15) is 5.65 Å². The van der Waals surface area contributed by atoms with E-state index in [0.717, 1.165) is 33.3 Å². The number of aromatic nitrogens is 3. The molecule has 3 heteroatoms. The molecule has 0 saturated heterocycles. The van der Waals surface area contributed by atoms with Crippen molar-refractivity contribution in [2.45, 2.75) is 0 Å². The fraction of sp³-hybridized carbons (Fsp3) is 0. The lowest BCUT2D eigenvalue weighted by Crippen LogP contribution is -1.95. The predicted molar refractivity (Wildman–Crippen MR) is 180 cm³/mol. The second-order valence-corrected chi connectivity index (χ2v) is 11.1. The Balaban J connectivity index is 1.17. The summed E-state index contributed by atoms with van der Waals surface area (Å²) in [5.74, 6) is 0. The molecule has 0 bridgehead atoms. The van der Waals surface area contributed by atoms with Crippen LogP contribution < -0.4 is 0 Å². The minimum atomic E-state index is 0.975. The third-order valence-corrected chi connectivity index (χ3v) is 8.61. The van der Waals surface area contributed by atoms with Gasteiger partial charge in [0.05, 0.1) is 16.6 Å². The van der Waals surface area contributed by atoms with Crippen molar-refractivity contribution in [2.75, 3.05) is 0 Å². The molecule has 0 amide bonds. The largest absolute Gasteiger partial charge is 0.294 e. The van der Waals surface area contributed by atoms with E-state index < -0.39 is 0 Å². The summed E-state index contributed by atoms with van der Waals surface area (Å²) >= 11 is 0. The molecular formula is C40H25N3. The third kappa shape index (κ3) is 3.75. The number of nitrogens with zero attached hydrogens (tertiary/aromatic N) is 3. The first-order chi connectivity index (χ1) is 21.3. The summed E-state index contributed by atoms with van der Waals surface area (Å²) in [6.07, 6.45) is 1.87. The summed E-state index contributed by atoms with van der Waals surface area (Å²) in [6.45, 7) is 0. The van der Waals surface area contributed by atoms with Crippen molar-refractivity contribution in [3.8, 4) is 27.9 Å². The highest BCUT2D eigenvalue weighted by molar-refractivity contribution is 6.15. The van der Waals surface area contributed by atoms with Crippen molar-refractivity contribution in [1.82, 2.24) is 14.5 Å². The number of para-hydroxylation sites is 2. The molecule has 0 radical (unpaired) electrons. The van der Waals surface area contributed by atoms with Crippen LogP contribution in [0.4, 0.5) is 0 Å². The number of hydrogen-bond acceptors (Lipinski definition) is 2. The van der Waals surface area contributed by atoms with Crippen LogP contribution in [0.15, 0.2) is 152 Å². The molecule has 0 unspecified atom stereocenters. The van der Waals surface area contributed by atoms with E-state index in [4.69, 9.17) is 9.97 Å². The molecule has 0 atom stereocenters. The second kappa shape index (κ2) is 9.37. The highest BCUT2D eigenvalue weighted by Crippen LogP contribution is 2.37. The van der Waals surface area contributed by atoms with E-state index in [1.165, 1.54) is 49.2 Å². The number of pyridine rings is 2. The van der Waals surface area contributed by atoms with Crippen LogP contribution in [-0.4, -0.2) is 14.5 Å². The van der Waals surface area contributed by atoms with E-state index in [0.29, 0.717) is 0 Å². The molecule has 0 spiro atoms. The van der Waals surface area contributed by atoms with Crippen LogP contribution in [0.25, 0.3) is 82.5 Å². The molecule has 9 aromatic rings. The zero-order chi connectivity index (χ0) is 28.3. The third-order valence-electron chi connectivity index (χ3n) is 8.61. The Morgan fingerprint density at radius 1 is 0.442 bits per heavy atom. The number of hydrogen-bond donors (Lipinski definition) is 0. The maximum atomic E-state index is 5.06. The molecule has 0 saturated carbocycles. The molecule has 3 heterocycles. The molecule has 0 aliphatic rings. The van der Waals surface area contributed by atoms with Crippen molar-refractivity contribution in [3.63, 3.8) is 0 Å². The van der Waals surface area contributed by atoms with Gasteiger partial charge in [0, 0.05) is 33.4 Å². The lowest BCUT2D eigenvalue weighted by Gasteiger charge is -2.13. The van der Waals surface area contributed by atoms with E-state index in [9.17, 15) is 0 Å². The van der Waals surface area contributed by atoms with E-state index in [1.54, 1.807) is 0 Å². The quantitative estimate of drug-likeness (QED) is 0.163. The first-order valence-corrected chi connectivity index (χ1v) is 14.6. The lowest BCUT2D eigenvalue weighted by molar-refractivity contribution is 1.14. The Morgan fingerprint density at radius 3 is 2.09 bits per heavy atom. The minimum absolute atomic E-state index is 0.975. The average molecular weight is 548 g/mol. The van der Waals surface area contributed by atoms with Crippen molar-refractivity contribution >= 4 is 54.5 Å². The smallest absolute Gasteiger partial charge is 0.145 e. The van der Waals surface area contributed by atoms with Crippen molar-refractivity contribution < 1.29 is 0 Å². The van der Waals surface area contributed by atoms with E-state index >= 15 is 0 Å². The van der Waals surface area contributed by atoms with Crippen LogP contribution in [0, 0.1) is 0 Å². The van der Waals surface area contributed by atoms with Crippen molar-refractivity contribution in [1.29, 1.82) is 0 Å². The van der Waals surface area contributed by atoms with Gasteiger partial charge in [-0.1, -0.05) is 91.0 Å². The van der Waals surface area contributed by atoms with Crippen molar-refractivity contribution in [3.05, 3.63) is 152 Å². The normalized spacial score (nSPS) is 11.7. The number of fused-ring (bicyclic) bond motifs is 7. The first kappa shape index (κ1) is 23.9. The molecular weight excluding hydrogens is 522 g/mol. The monoisotopic (exact) mass is 547 g/mol. The van der Waals surface area contributed by atoms with Gasteiger partial charge < -0.3 is 0 Å². The van der Waals surface area contributed by atoms with Crippen LogP contribution in [0.2, 0.25) is 0 Å². The summed E-state index contributed by atoms with van der Waals surface area (Å²) in [6, 6.07) is 51.9. The standard InChI is InChI=1S/C40H25N3/c1-5-16-37-29(9-1)24-36-32-13-3-2-12-31(32)35(25-38(36)42-37)28-11-7-10-27(23-28)26-18-20-30(21-19-26)43-39-17-6-4-14-33(39)34-15-8-22-41-40(34)43/h1-25H. The summed E-state index contributed by atoms with van der Waals surface area (Å²) in [5.41, 5.74) is 10.0. The average Bonchev–Trinajstić information content (AvgIpc) is 3.42. The van der Waals surface area contributed by atoms with Gasteiger partial charge in [0.25, 0.3) is 0 Å². The van der Waals surface area contributed by atoms with Gasteiger partial charge in [-0.05, 0) is 87.6 Å². The molecule has 200 valence electrons. The predicted octanol–water partition coefficient (Wildman–Crippen LogP) is 10.4. The molecule has 0 aliphatic carbocycles. The topological polar surface area (TPSA) is 30.7 Å². The maximum absolute atomic E-state index is 5.06. The van der Waals surface area contributed by atoms with Crippen molar-refractivity contribution in [2.24, 2.45) is 0 Å². The van der Waals surface area contributed by atoms with Crippen LogP contribution in [0.5, 0.6) is 0 Å². The molecule has 9 rings (SSSR count). The molecule has 43 heavy (non-hydrogen) atoms. The Hall–Kier alpha value is -5.80. The Labute approximate surface area is 248 Å². The Kier molecular flexibility index (Phi) is 5.20. The Morgan fingerprint density at radius 2 is 1.19 bits per heavy atom. The number of benzene rings is 6.